The number of hydrogen-bond donors (Lipinski definition) is 5. The summed E-state index contributed by atoms with van der Waals surface area (Å²) < 4.78 is 12.9. The van der Waals surface area contributed by atoms with Crippen molar-refractivity contribution in [2.24, 2.45) is 0 Å². The van der Waals surface area contributed by atoms with Crippen LogP contribution in [0.15, 0.2) is 72.9 Å². The van der Waals surface area contributed by atoms with Crippen molar-refractivity contribution in [1.82, 2.24) is 45.8 Å². The van der Waals surface area contributed by atoms with Gasteiger partial charge in [0.2, 0.25) is 0 Å². The molecule has 71 heavy (non-hydrogen) atoms. The number of pyridine rings is 1. The number of benzene rings is 3. The van der Waals surface area contributed by atoms with Gasteiger partial charge in [-0.3, -0.25) is 14.5 Å². The molecule has 0 saturated carbocycles. The molecule has 0 unspecified atom stereocenters. The van der Waals surface area contributed by atoms with Gasteiger partial charge in [-0.1, -0.05) is 44.2 Å². The number of amides is 3. The molecule has 5 aromatic rings. The number of ether oxygens (including phenoxy) is 2. The van der Waals surface area contributed by atoms with Crippen LogP contribution < -0.4 is 26.6 Å². The largest absolute Gasteiger partial charge is 0.443 e. The summed E-state index contributed by atoms with van der Waals surface area (Å²) in [4.78, 5) is 48.1. The van der Waals surface area contributed by atoms with Crippen molar-refractivity contribution in [3.63, 3.8) is 0 Å². The van der Waals surface area contributed by atoms with Crippen LogP contribution in [0.5, 0.6) is 0 Å². The fraction of sp³-hybridized carbons (Fsp3) is 0.491. The van der Waals surface area contributed by atoms with E-state index < -0.39 is 0 Å². The lowest BCUT2D eigenvalue weighted by atomic mass is 9.96. The van der Waals surface area contributed by atoms with Crippen LogP contribution in [0.1, 0.15) is 115 Å². The number of fused-ring (bicyclic) bond motifs is 1. The van der Waals surface area contributed by atoms with Crippen molar-refractivity contribution >= 4 is 34.6 Å². The van der Waals surface area contributed by atoms with Crippen molar-refractivity contribution in [3.05, 3.63) is 112 Å². The van der Waals surface area contributed by atoms with Gasteiger partial charge < -0.3 is 41.0 Å². The minimum atomic E-state index is -0.350. The van der Waals surface area contributed by atoms with Gasteiger partial charge >= 0.3 is 6.09 Å². The van der Waals surface area contributed by atoms with E-state index in [1.54, 1.807) is 29.2 Å². The molecule has 3 aliphatic heterocycles. The smallest absolute Gasteiger partial charge is 0.410 e. The molecule has 0 bridgehead atoms. The number of aryl methyl sites for hydroxylation is 2. The number of anilines is 1. The molecule has 5 N–H and O–H groups in total. The molecular formula is C55H73N11O5. The molecule has 3 aromatic carbocycles. The lowest BCUT2D eigenvalue weighted by Gasteiger charge is -2.28. The maximum absolute atomic E-state index is 13.6. The Morgan fingerprint density at radius 1 is 0.845 bits per heavy atom. The van der Waals surface area contributed by atoms with E-state index in [0.29, 0.717) is 42.9 Å². The van der Waals surface area contributed by atoms with Crippen LogP contribution >= 0.6 is 0 Å². The maximum atomic E-state index is 13.6. The average molecular weight is 968 g/mol. The van der Waals surface area contributed by atoms with Crippen LogP contribution in [0.4, 0.5) is 10.5 Å². The summed E-state index contributed by atoms with van der Waals surface area (Å²) in [6, 6.07) is 23.4. The molecule has 3 fully saturated rings. The van der Waals surface area contributed by atoms with Crippen LogP contribution in [0.2, 0.25) is 0 Å². The summed E-state index contributed by atoms with van der Waals surface area (Å²) in [5.74, 6) is -0.576. The molecule has 0 aliphatic carbocycles. The van der Waals surface area contributed by atoms with E-state index in [9.17, 15) is 19.6 Å². The fourth-order valence-corrected chi connectivity index (χ4v) is 9.05. The second-order valence-corrected chi connectivity index (χ2v) is 19.1. The first-order chi connectivity index (χ1) is 34.5. The van der Waals surface area contributed by atoms with E-state index in [4.69, 9.17) is 14.5 Å². The van der Waals surface area contributed by atoms with Crippen LogP contribution in [0, 0.1) is 11.3 Å². The van der Waals surface area contributed by atoms with Crippen molar-refractivity contribution in [3.8, 4) is 17.2 Å². The number of carbonyl (C=O) groups is 3. The van der Waals surface area contributed by atoms with Crippen molar-refractivity contribution in [2.75, 3.05) is 70.9 Å². The Morgan fingerprint density at radius 3 is 2.28 bits per heavy atom. The molecular weight excluding hydrogens is 895 g/mol. The summed E-state index contributed by atoms with van der Waals surface area (Å²) in [6.07, 6.45) is 7.13. The van der Waals surface area contributed by atoms with Crippen LogP contribution in [-0.2, 0) is 42.1 Å². The standard InChI is InChI=1S/C44H51N9O3.C11H22N2O2/c1-3-40-38(41(50-36-14-20-56-21-15-36)39-28-49-53(4-2)42(39)51-40)27-48-44(55)34-11-6-10-33(24-34)43(54)47-26-30-12-13-35(25-45)37(23-30)32-9-5-8-31(22-32)29-52-18-7-16-46-17-19-52;1-4-11(2,3)15-10(14)13-8-5-6-12-7-9-13/h5-6,8-13,22-24,28,36,46H,3-4,7,14-21,26-27,29H2,1-2H3,(H,47,54)(H,48,55)(H,50,51);12H,4-9H2,1-3H3. The Bertz CT molecular complexity index is 2620. The highest BCUT2D eigenvalue weighted by molar-refractivity contribution is 6.00. The third kappa shape index (κ3) is 14.4. The van der Waals surface area contributed by atoms with Gasteiger partial charge in [-0.15, -0.1) is 0 Å². The molecule has 3 amide bonds. The van der Waals surface area contributed by atoms with E-state index in [-0.39, 0.29) is 42.6 Å². The first-order valence-electron chi connectivity index (χ1n) is 25.6. The average Bonchev–Trinajstić information content (AvgIpc) is 3.54. The Morgan fingerprint density at radius 2 is 1.56 bits per heavy atom. The minimum absolute atomic E-state index is 0.175. The van der Waals surface area contributed by atoms with Gasteiger partial charge in [0.25, 0.3) is 11.8 Å². The summed E-state index contributed by atoms with van der Waals surface area (Å²) in [5.41, 5.74) is 8.52. The Labute approximate surface area is 419 Å². The topological polar surface area (TPSA) is 191 Å². The normalized spacial score (nSPS) is 15.9. The van der Waals surface area contributed by atoms with Crippen LogP contribution in [-0.4, -0.2) is 120 Å². The molecule has 16 nitrogen and oxygen atoms in total. The molecule has 378 valence electrons. The van der Waals surface area contributed by atoms with E-state index in [0.717, 1.165) is 136 Å². The Hall–Kier alpha value is -6.38. The number of nitriles is 1. The monoisotopic (exact) mass is 968 g/mol. The Balaban J connectivity index is 0.000000424. The third-order valence-corrected chi connectivity index (χ3v) is 13.5. The van der Waals surface area contributed by atoms with Gasteiger partial charge in [-0.2, -0.15) is 10.4 Å². The van der Waals surface area contributed by atoms with Crippen molar-refractivity contribution < 1.29 is 23.9 Å². The number of rotatable bonds is 15. The maximum Gasteiger partial charge on any atom is 0.410 e. The molecule has 3 saturated heterocycles. The van der Waals surface area contributed by atoms with Gasteiger partial charge in [0.15, 0.2) is 5.65 Å². The quantitative estimate of drug-likeness (QED) is 0.0700. The van der Waals surface area contributed by atoms with Crippen LogP contribution in [0.3, 0.4) is 0 Å². The van der Waals surface area contributed by atoms with E-state index >= 15 is 0 Å². The zero-order valence-corrected chi connectivity index (χ0v) is 42.4. The number of nitrogens with one attached hydrogen (secondary N) is 5. The summed E-state index contributed by atoms with van der Waals surface area (Å²) in [7, 11) is 0. The number of carbonyl (C=O) groups excluding carboxylic acids is 3. The first kappa shape index (κ1) is 52.4. The second kappa shape index (κ2) is 25.7. The van der Waals surface area contributed by atoms with Gasteiger partial charge in [-0.25, -0.2) is 14.5 Å². The Kier molecular flexibility index (Phi) is 18.9. The zero-order valence-electron chi connectivity index (χ0n) is 42.4. The van der Waals surface area contributed by atoms with Crippen molar-refractivity contribution in [1.29, 1.82) is 5.26 Å². The highest BCUT2D eigenvalue weighted by Gasteiger charge is 2.26. The molecule has 0 atom stereocenters. The predicted octanol–water partition coefficient (Wildman–Crippen LogP) is 7.41. The minimum Gasteiger partial charge on any atom is -0.443 e. The highest BCUT2D eigenvalue weighted by Crippen LogP contribution is 2.32. The molecule has 3 aliphatic rings. The summed E-state index contributed by atoms with van der Waals surface area (Å²) in [5, 5.41) is 32.1. The molecule has 16 heteroatoms. The summed E-state index contributed by atoms with van der Waals surface area (Å²) >= 11 is 0. The number of hydrogen-bond acceptors (Lipinski definition) is 12. The van der Waals surface area contributed by atoms with Gasteiger partial charge in [0, 0.05) is 101 Å². The first-order valence-corrected chi connectivity index (χ1v) is 25.6. The van der Waals surface area contributed by atoms with Gasteiger partial charge in [0.1, 0.15) is 5.60 Å². The van der Waals surface area contributed by atoms with E-state index in [1.807, 2.05) is 68.9 Å². The van der Waals surface area contributed by atoms with Gasteiger partial charge in [-0.05, 0) is 138 Å². The highest BCUT2D eigenvalue weighted by atomic mass is 16.6. The van der Waals surface area contributed by atoms with E-state index in [2.05, 4.69) is 61.7 Å². The second-order valence-electron chi connectivity index (χ2n) is 19.1. The zero-order chi connectivity index (χ0) is 50.2. The lowest BCUT2D eigenvalue weighted by molar-refractivity contribution is 0.0125. The molecule has 0 radical (unpaired) electrons. The molecule has 5 heterocycles. The fourth-order valence-electron chi connectivity index (χ4n) is 9.05. The molecule has 2 aromatic heterocycles. The number of nitrogens with zero attached hydrogens (tertiary/aromatic N) is 6. The molecule has 0 spiro atoms. The third-order valence-electron chi connectivity index (χ3n) is 13.5. The SMILES string of the molecule is CCC(C)(C)OC(=O)N1CCCNCC1.CCc1nc2c(cnn2CC)c(NC2CCOCC2)c1CNC(=O)c1cccc(C(=O)NCc2ccc(C#N)c(-c3cccc(CN4CCCNCC4)c3)c2)c1. The molecule has 8 rings (SSSR count). The number of aromatic nitrogens is 3. The predicted molar refractivity (Wildman–Crippen MR) is 278 cm³/mol. The van der Waals surface area contributed by atoms with Gasteiger partial charge in [0.05, 0.1) is 28.9 Å². The van der Waals surface area contributed by atoms with Crippen LogP contribution in [0.25, 0.3) is 22.2 Å². The van der Waals surface area contributed by atoms with Crippen molar-refractivity contribution in [2.45, 2.75) is 111 Å². The van der Waals surface area contributed by atoms with E-state index in [1.165, 1.54) is 5.56 Å². The summed E-state index contributed by atoms with van der Waals surface area (Å²) in [6.45, 7) is 21.0. The lowest BCUT2D eigenvalue weighted by Crippen LogP contribution is -2.39.